The Morgan fingerprint density at radius 3 is 1.42 bits per heavy atom. The summed E-state index contributed by atoms with van der Waals surface area (Å²) in [7, 11) is -4.71. The van der Waals surface area contributed by atoms with E-state index in [1.807, 2.05) is 0 Å². The van der Waals surface area contributed by atoms with Crippen molar-refractivity contribution in [1.82, 2.24) is 0 Å². The summed E-state index contributed by atoms with van der Waals surface area (Å²) >= 11 is 0. The van der Waals surface area contributed by atoms with Gasteiger partial charge in [-0.3, -0.25) is 23.4 Å². The Hall–Kier alpha value is -1.78. The van der Waals surface area contributed by atoms with Crippen LogP contribution >= 0.6 is 7.82 Å². The van der Waals surface area contributed by atoms with Gasteiger partial charge in [0.2, 0.25) is 0 Å². The van der Waals surface area contributed by atoms with Gasteiger partial charge in [-0.1, -0.05) is 154 Å². The number of rotatable bonds is 39. The van der Waals surface area contributed by atoms with Crippen LogP contribution in [0.4, 0.5) is 0 Å². The third kappa shape index (κ3) is 35.3. The van der Waals surface area contributed by atoms with Crippen LogP contribution < -0.4 is 5.73 Å². The number of carbonyl (C=O) groups is 3. The summed E-state index contributed by atoms with van der Waals surface area (Å²) in [5, 5.41) is 8.87. The molecule has 0 fully saturated rings. The van der Waals surface area contributed by atoms with Crippen molar-refractivity contribution in [2.45, 2.75) is 206 Å². The summed E-state index contributed by atoms with van der Waals surface area (Å²) in [6.45, 7) is 2.78. The lowest BCUT2D eigenvalue weighted by Crippen LogP contribution is -2.34. The smallest absolute Gasteiger partial charge is 0.472 e. The van der Waals surface area contributed by atoms with Gasteiger partial charge in [-0.05, 0) is 38.5 Å². The summed E-state index contributed by atoms with van der Waals surface area (Å²) in [4.78, 5) is 45.8. The maximum Gasteiger partial charge on any atom is 0.472 e. The molecule has 0 aromatic carbocycles. The second kappa shape index (κ2) is 36.2. The first kappa shape index (κ1) is 50.2. The zero-order chi connectivity index (χ0) is 38.5. The van der Waals surface area contributed by atoms with Gasteiger partial charge in [0, 0.05) is 12.8 Å². The molecule has 0 bridgehead atoms. The quantitative estimate of drug-likeness (QED) is 0.0235. The zero-order valence-corrected chi connectivity index (χ0v) is 33.8. The molecule has 12 heteroatoms. The van der Waals surface area contributed by atoms with E-state index in [4.69, 9.17) is 24.8 Å². The van der Waals surface area contributed by atoms with Crippen molar-refractivity contribution in [2.24, 2.45) is 5.73 Å². The lowest BCUT2D eigenvalue weighted by atomic mass is 10.0. The average molecular weight is 762 g/mol. The number of unbranched alkanes of at least 4 members (excludes halogenated alkanes) is 23. The van der Waals surface area contributed by atoms with Crippen molar-refractivity contribution in [3.05, 3.63) is 12.2 Å². The van der Waals surface area contributed by atoms with Crippen LogP contribution in [0.5, 0.6) is 0 Å². The Morgan fingerprint density at radius 1 is 0.577 bits per heavy atom. The van der Waals surface area contributed by atoms with Crippen LogP contribution in [0.3, 0.4) is 0 Å². The first-order valence-electron chi connectivity index (χ1n) is 20.7. The normalized spacial score (nSPS) is 13.9. The number of carboxylic acids is 1. The van der Waals surface area contributed by atoms with Gasteiger partial charge in [0.05, 0.1) is 13.2 Å². The maximum absolute atomic E-state index is 12.6. The van der Waals surface area contributed by atoms with E-state index >= 15 is 0 Å². The molecule has 0 aromatic heterocycles. The van der Waals surface area contributed by atoms with Crippen molar-refractivity contribution in [2.75, 3.05) is 19.8 Å². The van der Waals surface area contributed by atoms with Gasteiger partial charge in [0.1, 0.15) is 12.6 Å². The largest absolute Gasteiger partial charge is 0.480 e. The molecule has 11 nitrogen and oxygen atoms in total. The van der Waals surface area contributed by atoms with Crippen LogP contribution in [-0.4, -0.2) is 59.9 Å². The predicted molar refractivity (Wildman–Crippen MR) is 208 cm³/mol. The van der Waals surface area contributed by atoms with E-state index in [0.717, 1.165) is 57.8 Å². The number of phosphoric ester groups is 1. The number of carboxylic acid groups (broad SMARTS) is 1. The van der Waals surface area contributed by atoms with Gasteiger partial charge in [0.15, 0.2) is 6.10 Å². The number of nitrogens with two attached hydrogens (primary N) is 1. The van der Waals surface area contributed by atoms with Crippen LogP contribution in [0.1, 0.15) is 194 Å². The molecule has 0 aliphatic rings. The molecule has 0 aromatic rings. The van der Waals surface area contributed by atoms with E-state index < -0.39 is 51.1 Å². The molecule has 0 aliphatic heterocycles. The van der Waals surface area contributed by atoms with E-state index in [9.17, 15) is 23.8 Å². The van der Waals surface area contributed by atoms with E-state index in [2.05, 4.69) is 30.5 Å². The molecule has 3 atom stereocenters. The molecule has 306 valence electrons. The summed E-state index contributed by atoms with van der Waals surface area (Å²) < 4.78 is 32.6. The topological polar surface area (TPSA) is 172 Å². The fourth-order valence-electron chi connectivity index (χ4n) is 5.71. The molecular weight excluding hydrogens is 685 g/mol. The minimum absolute atomic E-state index is 0.155. The molecule has 3 unspecified atom stereocenters. The van der Waals surface area contributed by atoms with Gasteiger partial charge in [-0.25, -0.2) is 4.57 Å². The number of aliphatic carboxylic acids is 1. The van der Waals surface area contributed by atoms with Gasteiger partial charge in [-0.2, -0.15) is 0 Å². The van der Waals surface area contributed by atoms with E-state index in [0.29, 0.717) is 12.8 Å². The maximum atomic E-state index is 12.6. The highest BCUT2D eigenvalue weighted by Gasteiger charge is 2.28. The Morgan fingerprint density at radius 2 is 0.962 bits per heavy atom. The lowest BCUT2D eigenvalue weighted by Gasteiger charge is -2.20. The Kier molecular flexibility index (Phi) is 35.0. The average Bonchev–Trinajstić information content (AvgIpc) is 3.12. The number of hydrogen-bond donors (Lipinski definition) is 3. The first-order chi connectivity index (χ1) is 25.1. The lowest BCUT2D eigenvalue weighted by molar-refractivity contribution is -0.161. The molecule has 0 amide bonds. The Balaban J connectivity index is 4.37. The summed E-state index contributed by atoms with van der Waals surface area (Å²) in [5.74, 6) is -2.38. The second-order valence-corrected chi connectivity index (χ2v) is 15.6. The third-order valence-corrected chi connectivity index (χ3v) is 9.96. The fraction of sp³-hybridized carbons (Fsp3) is 0.875. The predicted octanol–water partition coefficient (Wildman–Crippen LogP) is 10.5. The number of carbonyl (C=O) groups excluding carboxylic acids is 2. The van der Waals surface area contributed by atoms with Crippen molar-refractivity contribution in [3.63, 3.8) is 0 Å². The van der Waals surface area contributed by atoms with Crippen molar-refractivity contribution in [3.8, 4) is 0 Å². The number of hydrogen-bond acceptors (Lipinski definition) is 9. The number of allylic oxidation sites excluding steroid dienone is 2. The van der Waals surface area contributed by atoms with Crippen molar-refractivity contribution >= 4 is 25.7 Å². The third-order valence-electron chi connectivity index (χ3n) is 9.01. The Bertz CT molecular complexity index is 947. The van der Waals surface area contributed by atoms with Crippen LogP contribution in [0.25, 0.3) is 0 Å². The minimum atomic E-state index is -4.71. The summed E-state index contributed by atoms with van der Waals surface area (Å²) in [5.41, 5.74) is 5.32. The van der Waals surface area contributed by atoms with Gasteiger partial charge in [-0.15, -0.1) is 0 Å². The summed E-state index contributed by atoms with van der Waals surface area (Å²) in [6, 6.07) is -1.52. The van der Waals surface area contributed by atoms with Gasteiger partial charge < -0.3 is 25.2 Å². The SMILES string of the molecule is CCCCCC/C=C\CCCCCCCC(=O)OC(COC(=O)CCCCCCCCCCCCCCCCC)COP(=O)(O)OCC(N)C(=O)O. The molecule has 0 saturated carbocycles. The monoisotopic (exact) mass is 762 g/mol. The highest BCUT2D eigenvalue weighted by atomic mass is 31.2. The molecule has 0 heterocycles. The van der Waals surface area contributed by atoms with Crippen LogP contribution in [0.2, 0.25) is 0 Å². The van der Waals surface area contributed by atoms with Gasteiger partial charge in [0.25, 0.3) is 0 Å². The van der Waals surface area contributed by atoms with Gasteiger partial charge >= 0.3 is 25.7 Å². The van der Waals surface area contributed by atoms with Crippen molar-refractivity contribution < 1.29 is 47.5 Å². The van der Waals surface area contributed by atoms with Crippen LogP contribution in [0, 0.1) is 0 Å². The van der Waals surface area contributed by atoms with Crippen LogP contribution in [-0.2, 0) is 37.5 Å². The standard InChI is InChI=1S/C40H76NO10P/c1-3-5-7-9-11-13-15-17-18-20-21-23-25-27-29-31-38(42)48-33-36(34-49-52(46,47)50-35-37(41)40(44)45)51-39(43)32-30-28-26-24-22-19-16-14-12-10-8-6-4-2/h14,16,36-37H,3-13,15,17-35,41H2,1-2H3,(H,44,45)(H,46,47)/b16-14-. The number of ether oxygens (including phenoxy) is 2. The minimum Gasteiger partial charge on any atom is -0.480 e. The van der Waals surface area contributed by atoms with Crippen molar-refractivity contribution in [1.29, 1.82) is 0 Å². The molecular formula is C40H76NO10P. The zero-order valence-electron chi connectivity index (χ0n) is 32.9. The second-order valence-electron chi connectivity index (χ2n) is 14.1. The highest BCUT2D eigenvalue weighted by Crippen LogP contribution is 2.43. The van der Waals surface area contributed by atoms with E-state index in [-0.39, 0.29) is 19.4 Å². The van der Waals surface area contributed by atoms with Crippen LogP contribution in [0.15, 0.2) is 12.2 Å². The molecule has 52 heavy (non-hydrogen) atoms. The summed E-state index contributed by atoms with van der Waals surface area (Å²) in [6.07, 6.45) is 34.2. The van der Waals surface area contributed by atoms with E-state index in [1.165, 1.54) is 96.3 Å². The number of esters is 2. The van der Waals surface area contributed by atoms with E-state index in [1.54, 1.807) is 0 Å². The molecule has 0 radical (unpaired) electrons. The molecule has 4 N–H and O–H groups in total. The molecule has 0 spiro atoms. The Labute approximate surface area is 316 Å². The molecule has 0 rings (SSSR count). The molecule has 0 saturated heterocycles. The molecule has 0 aliphatic carbocycles. The number of phosphoric acid groups is 1. The highest BCUT2D eigenvalue weighted by molar-refractivity contribution is 7.47. The first-order valence-corrected chi connectivity index (χ1v) is 22.2. The fourth-order valence-corrected chi connectivity index (χ4v) is 6.48.